The van der Waals surface area contributed by atoms with Gasteiger partial charge in [-0.25, -0.2) is 13.2 Å². The van der Waals surface area contributed by atoms with Crippen LogP contribution in [0.15, 0.2) is 24.3 Å². The highest BCUT2D eigenvalue weighted by atomic mass is 35.7. The first-order valence-corrected chi connectivity index (χ1v) is 7.08. The van der Waals surface area contributed by atoms with Gasteiger partial charge in [0.2, 0.25) is 9.05 Å². The van der Waals surface area contributed by atoms with Crippen molar-refractivity contribution in [1.82, 2.24) is 0 Å². The zero-order chi connectivity index (χ0) is 12.2. The summed E-state index contributed by atoms with van der Waals surface area (Å²) in [6.45, 7) is 2.02. The van der Waals surface area contributed by atoms with E-state index in [0.717, 1.165) is 0 Å². The van der Waals surface area contributed by atoms with Crippen LogP contribution in [0.4, 0.5) is 0 Å². The van der Waals surface area contributed by atoms with Gasteiger partial charge >= 0.3 is 5.97 Å². The van der Waals surface area contributed by atoms with Crippen molar-refractivity contribution in [2.75, 3.05) is 6.61 Å². The van der Waals surface area contributed by atoms with Crippen LogP contribution in [-0.2, 0) is 19.5 Å². The van der Waals surface area contributed by atoms with E-state index in [1.165, 1.54) is 24.3 Å². The monoisotopic (exact) mass is 262 g/mol. The standard InChI is InChI=1S/C10H11ClO4S/c1-2-15-10(12)9-5-3-8(4-6-9)7-16(11,13)14/h3-6H,2,7H2,1H3. The second-order valence-corrected chi connectivity index (χ2v) is 5.88. The predicted molar refractivity (Wildman–Crippen MR) is 60.9 cm³/mol. The summed E-state index contributed by atoms with van der Waals surface area (Å²) in [5, 5.41) is 0. The number of carbonyl (C=O) groups is 1. The normalized spacial score (nSPS) is 11.1. The van der Waals surface area contributed by atoms with Crippen LogP contribution >= 0.6 is 10.7 Å². The number of carbonyl (C=O) groups excluding carboxylic acids is 1. The minimum Gasteiger partial charge on any atom is -0.462 e. The van der Waals surface area contributed by atoms with Crippen molar-refractivity contribution in [2.45, 2.75) is 12.7 Å². The molecule has 1 rings (SSSR count). The lowest BCUT2D eigenvalue weighted by Gasteiger charge is -2.02. The van der Waals surface area contributed by atoms with Crippen molar-refractivity contribution < 1.29 is 17.9 Å². The van der Waals surface area contributed by atoms with Crippen molar-refractivity contribution >= 4 is 25.7 Å². The molecule has 0 aliphatic rings. The summed E-state index contributed by atoms with van der Waals surface area (Å²) >= 11 is 0. The van der Waals surface area contributed by atoms with Crippen LogP contribution in [0.1, 0.15) is 22.8 Å². The van der Waals surface area contributed by atoms with E-state index in [9.17, 15) is 13.2 Å². The smallest absolute Gasteiger partial charge is 0.338 e. The van der Waals surface area contributed by atoms with Gasteiger partial charge in [0.25, 0.3) is 0 Å². The van der Waals surface area contributed by atoms with Crippen LogP contribution in [-0.4, -0.2) is 21.0 Å². The molecule has 0 aliphatic carbocycles. The second-order valence-electron chi connectivity index (χ2n) is 3.10. The van der Waals surface area contributed by atoms with Crippen LogP contribution in [0.25, 0.3) is 0 Å². The average Bonchev–Trinajstić information content (AvgIpc) is 2.16. The number of ether oxygens (including phenoxy) is 1. The molecule has 0 saturated carbocycles. The molecule has 1 aromatic carbocycles. The molecule has 0 aliphatic heterocycles. The van der Waals surface area contributed by atoms with E-state index in [4.69, 9.17) is 15.4 Å². The molecule has 0 aromatic heterocycles. The van der Waals surface area contributed by atoms with Gasteiger partial charge in [0.05, 0.1) is 17.9 Å². The van der Waals surface area contributed by atoms with Crippen LogP contribution in [0.2, 0.25) is 0 Å². The number of halogens is 1. The molecular weight excluding hydrogens is 252 g/mol. The fourth-order valence-electron chi connectivity index (χ4n) is 1.15. The van der Waals surface area contributed by atoms with Gasteiger partial charge in [-0.3, -0.25) is 0 Å². The first-order chi connectivity index (χ1) is 7.42. The van der Waals surface area contributed by atoms with E-state index in [0.29, 0.717) is 17.7 Å². The van der Waals surface area contributed by atoms with Gasteiger partial charge in [-0.1, -0.05) is 12.1 Å². The molecule has 6 heteroatoms. The van der Waals surface area contributed by atoms with E-state index in [-0.39, 0.29) is 5.75 Å². The third kappa shape index (κ3) is 4.20. The molecule has 0 amide bonds. The molecule has 0 unspecified atom stereocenters. The molecule has 0 saturated heterocycles. The van der Waals surface area contributed by atoms with Crippen LogP contribution in [0.3, 0.4) is 0 Å². The van der Waals surface area contributed by atoms with Gasteiger partial charge in [0, 0.05) is 10.7 Å². The zero-order valence-corrected chi connectivity index (χ0v) is 10.2. The van der Waals surface area contributed by atoms with Gasteiger partial charge in [-0.15, -0.1) is 0 Å². The summed E-state index contributed by atoms with van der Waals surface area (Å²) in [5.74, 6) is -0.680. The highest BCUT2D eigenvalue weighted by Crippen LogP contribution is 2.11. The molecule has 0 fully saturated rings. The fraction of sp³-hybridized carbons (Fsp3) is 0.300. The first-order valence-electron chi connectivity index (χ1n) is 4.61. The third-order valence-corrected chi connectivity index (χ3v) is 2.81. The lowest BCUT2D eigenvalue weighted by atomic mass is 10.1. The summed E-state index contributed by atoms with van der Waals surface area (Å²) in [5.41, 5.74) is 0.917. The Morgan fingerprint density at radius 1 is 1.31 bits per heavy atom. The van der Waals surface area contributed by atoms with E-state index in [1.807, 2.05) is 0 Å². The van der Waals surface area contributed by atoms with Crippen molar-refractivity contribution in [3.05, 3.63) is 35.4 Å². The zero-order valence-electron chi connectivity index (χ0n) is 8.64. The van der Waals surface area contributed by atoms with E-state index in [1.54, 1.807) is 6.92 Å². The summed E-state index contributed by atoms with van der Waals surface area (Å²) in [6.07, 6.45) is 0. The summed E-state index contributed by atoms with van der Waals surface area (Å²) < 4.78 is 26.4. The summed E-state index contributed by atoms with van der Waals surface area (Å²) in [6, 6.07) is 6.09. The Bertz CT molecular complexity index is 464. The van der Waals surface area contributed by atoms with Gasteiger partial charge < -0.3 is 4.74 Å². The Hall–Kier alpha value is -1.07. The topological polar surface area (TPSA) is 60.4 Å². The minimum absolute atomic E-state index is 0.252. The minimum atomic E-state index is -3.56. The van der Waals surface area contributed by atoms with Crippen molar-refractivity contribution in [1.29, 1.82) is 0 Å². The summed E-state index contributed by atoms with van der Waals surface area (Å²) in [7, 11) is 1.54. The molecule has 0 bridgehead atoms. The molecule has 0 spiro atoms. The maximum Gasteiger partial charge on any atom is 0.338 e. The number of benzene rings is 1. The number of rotatable bonds is 4. The predicted octanol–water partition coefficient (Wildman–Crippen LogP) is 1.93. The largest absolute Gasteiger partial charge is 0.462 e. The van der Waals surface area contributed by atoms with Gasteiger partial charge in [0.15, 0.2) is 0 Å². The van der Waals surface area contributed by atoms with Gasteiger partial charge in [0.1, 0.15) is 0 Å². The molecule has 88 valence electrons. The number of hydrogen-bond donors (Lipinski definition) is 0. The maximum atomic E-state index is 11.3. The van der Waals surface area contributed by atoms with Crippen LogP contribution in [0, 0.1) is 0 Å². The van der Waals surface area contributed by atoms with E-state index in [2.05, 4.69) is 0 Å². The Morgan fingerprint density at radius 2 is 1.88 bits per heavy atom. The van der Waals surface area contributed by atoms with Crippen LogP contribution < -0.4 is 0 Å². The lowest BCUT2D eigenvalue weighted by molar-refractivity contribution is 0.0526. The molecule has 16 heavy (non-hydrogen) atoms. The Labute approximate surface area is 98.6 Å². The fourth-order valence-corrected chi connectivity index (χ4v) is 2.12. The quantitative estimate of drug-likeness (QED) is 0.614. The molecule has 0 radical (unpaired) electrons. The second kappa shape index (κ2) is 5.32. The first kappa shape index (κ1) is 13.0. The summed E-state index contributed by atoms with van der Waals surface area (Å²) in [4.78, 5) is 11.3. The van der Waals surface area contributed by atoms with E-state index < -0.39 is 15.0 Å². The van der Waals surface area contributed by atoms with Crippen LogP contribution in [0.5, 0.6) is 0 Å². The third-order valence-electron chi connectivity index (χ3n) is 1.80. The Morgan fingerprint density at radius 3 is 2.31 bits per heavy atom. The number of esters is 1. The van der Waals surface area contributed by atoms with Gasteiger partial charge in [-0.2, -0.15) is 0 Å². The Balaban J connectivity index is 2.79. The maximum absolute atomic E-state index is 11.3. The molecule has 1 aromatic rings. The van der Waals surface area contributed by atoms with E-state index >= 15 is 0 Å². The van der Waals surface area contributed by atoms with Crippen molar-refractivity contribution in [3.8, 4) is 0 Å². The highest BCUT2D eigenvalue weighted by molar-refractivity contribution is 8.13. The SMILES string of the molecule is CCOC(=O)c1ccc(CS(=O)(=O)Cl)cc1. The molecule has 0 atom stereocenters. The highest BCUT2D eigenvalue weighted by Gasteiger charge is 2.09. The molecular formula is C10H11ClO4S. The van der Waals surface area contributed by atoms with Gasteiger partial charge in [-0.05, 0) is 24.6 Å². The van der Waals surface area contributed by atoms with Crippen molar-refractivity contribution in [2.24, 2.45) is 0 Å². The molecule has 4 nitrogen and oxygen atoms in total. The average molecular weight is 263 g/mol. The molecule has 0 heterocycles. The Kier molecular flexibility index (Phi) is 4.32. The number of hydrogen-bond acceptors (Lipinski definition) is 4. The molecule has 0 N–H and O–H groups in total. The lowest BCUT2D eigenvalue weighted by Crippen LogP contribution is -2.04. The van der Waals surface area contributed by atoms with Crippen molar-refractivity contribution in [3.63, 3.8) is 0 Å².